The molecule has 10 heteroatoms. The van der Waals surface area contributed by atoms with Crippen LogP contribution in [0.25, 0.3) is 11.0 Å². The molecule has 30 heavy (non-hydrogen) atoms. The van der Waals surface area contributed by atoms with Crippen LogP contribution in [-0.2, 0) is 0 Å². The Kier molecular flexibility index (Phi) is 4.75. The average molecular weight is 421 g/mol. The number of anilines is 3. The third kappa shape index (κ3) is 3.45. The van der Waals surface area contributed by atoms with Crippen molar-refractivity contribution in [2.45, 2.75) is 12.5 Å². The van der Waals surface area contributed by atoms with E-state index in [-0.39, 0.29) is 5.91 Å². The molecule has 0 radical (unpaired) electrons. The molecule has 1 aliphatic rings. The maximum atomic E-state index is 12.3. The van der Waals surface area contributed by atoms with Crippen molar-refractivity contribution in [2.75, 3.05) is 35.3 Å². The standard InChI is InChI=1S/C20H20N8OS/c1-27(18-15-4-6-21-17(15)24-12-25-18)14-5-8-28(11-14)16-3-2-13(10-23-16)19(29)26-20-22-7-9-30-20/h2-4,6-7,9-10,12,14H,5,8,11H2,1H3,(H,21,24,25)(H,22,26,29). The summed E-state index contributed by atoms with van der Waals surface area (Å²) in [6.07, 6.45) is 7.75. The second-order valence-corrected chi connectivity index (χ2v) is 8.03. The molecule has 0 aliphatic carbocycles. The number of thiazole rings is 1. The molecule has 1 aliphatic heterocycles. The van der Waals surface area contributed by atoms with Crippen molar-refractivity contribution in [3.63, 3.8) is 0 Å². The Morgan fingerprint density at radius 3 is 3.00 bits per heavy atom. The van der Waals surface area contributed by atoms with Crippen LogP contribution < -0.4 is 15.1 Å². The number of H-pyrrole nitrogens is 1. The number of likely N-dealkylation sites (N-methyl/N-ethyl adjacent to an activating group) is 1. The van der Waals surface area contributed by atoms with Gasteiger partial charge in [-0.3, -0.25) is 10.1 Å². The first-order valence-electron chi connectivity index (χ1n) is 9.62. The van der Waals surface area contributed by atoms with Crippen LogP contribution in [0.1, 0.15) is 16.8 Å². The lowest BCUT2D eigenvalue weighted by molar-refractivity contribution is 0.102. The van der Waals surface area contributed by atoms with Crippen molar-refractivity contribution < 1.29 is 4.79 Å². The van der Waals surface area contributed by atoms with E-state index in [0.717, 1.165) is 42.2 Å². The smallest absolute Gasteiger partial charge is 0.259 e. The monoisotopic (exact) mass is 420 g/mol. The van der Waals surface area contributed by atoms with Gasteiger partial charge in [-0.25, -0.2) is 19.9 Å². The zero-order chi connectivity index (χ0) is 20.5. The minimum absolute atomic E-state index is 0.206. The molecule has 1 amide bonds. The predicted molar refractivity (Wildman–Crippen MR) is 117 cm³/mol. The molecule has 1 saturated heterocycles. The Bertz CT molecular complexity index is 1160. The van der Waals surface area contributed by atoms with Gasteiger partial charge in [0.15, 0.2) is 5.13 Å². The summed E-state index contributed by atoms with van der Waals surface area (Å²) >= 11 is 1.38. The molecule has 0 saturated carbocycles. The molecule has 4 aromatic rings. The van der Waals surface area contributed by atoms with Crippen LogP contribution in [0, 0.1) is 0 Å². The zero-order valence-electron chi connectivity index (χ0n) is 16.3. The van der Waals surface area contributed by atoms with Gasteiger partial charge in [-0.15, -0.1) is 11.3 Å². The van der Waals surface area contributed by atoms with Crippen LogP contribution in [0.3, 0.4) is 0 Å². The summed E-state index contributed by atoms with van der Waals surface area (Å²) in [4.78, 5) is 37.2. The summed E-state index contributed by atoms with van der Waals surface area (Å²) in [5, 5.41) is 6.19. The van der Waals surface area contributed by atoms with Crippen LogP contribution in [0.2, 0.25) is 0 Å². The highest BCUT2D eigenvalue weighted by atomic mass is 32.1. The van der Waals surface area contributed by atoms with E-state index in [1.165, 1.54) is 11.3 Å². The fourth-order valence-electron chi connectivity index (χ4n) is 3.74. The minimum atomic E-state index is -0.206. The number of hydrogen-bond donors (Lipinski definition) is 2. The zero-order valence-corrected chi connectivity index (χ0v) is 17.1. The van der Waals surface area contributed by atoms with Gasteiger partial charge in [0.2, 0.25) is 0 Å². The second kappa shape index (κ2) is 7.71. The van der Waals surface area contributed by atoms with Crippen molar-refractivity contribution in [1.82, 2.24) is 24.9 Å². The van der Waals surface area contributed by atoms with E-state index in [4.69, 9.17) is 0 Å². The summed E-state index contributed by atoms with van der Waals surface area (Å²) in [5.41, 5.74) is 1.35. The number of nitrogens with zero attached hydrogens (tertiary/aromatic N) is 6. The van der Waals surface area contributed by atoms with Crippen LogP contribution in [0.5, 0.6) is 0 Å². The number of amides is 1. The maximum Gasteiger partial charge on any atom is 0.259 e. The van der Waals surface area contributed by atoms with Crippen LogP contribution in [0.15, 0.2) is 48.5 Å². The molecule has 4 aromatic heterocycles. The lowest BCUT2D eigenvalue weighted by atomic mass is 10.2. The first-order chi connectivity index (χ1) is 14.7. The van der Waals surface area contributed by atoms with E-state index in [1.54, 1.807) is 24.8 Å². The molecular formula is C20H20N8OS. The fraction of sp³-hybridized carbons (Fsp3) is 0.250. The molecule has 0 spiro atoms. The molecule has 0 aromatic carbocycles. The van der Waals surface area contributed by atoms with Gasteiger partial charge in [0.05, 0.1) is 10.9 Å². The number of rotatable bonds is 5. The van der Waals surface area contributed by atoms with Gasteiger partial charge in [0.25, 0.3) is 5.91 Å². The third-order valence-electron chi connectivity index (χ3n) is 5.36. The van der Waals surface area contributed by atoms with Crippen molar-refractivity contribution >= 4 is 45.0 Å². The molecule has 1 unspecified atom stereocenters. The lowest BCUT2D eigenvalue weighted by Gasteiger charge is -2.26. The topological polar surface area (TPSA) is 103 Å². The van der Waals surface area contributed by atoms with E-state index in [1.807, 2.05) is 23.7 Å². The molecule has 152 valence electrons. The number of hydrogen-bond acceptors (Lipinski definition) is 8. The number of carbonyl (C=O) groups excluding carboxylic acids is 1. The summed E-state index contributed by atoms with van der Waals surface area (Å²) in [6.45, 7) is 1.73. The highest BCUT2D eigenvalue weighted by Gasteiger charge is 2.28. The van der Waals surface area contributed by atoms with E-state index in [9.17, 15) is 4.79 Å². The van der Waals surface area contributed by atoms with Gasteiger partial charge in [-0.2, -0.15) is 0 Å². The Morgan fingerprint density at radius 2 is 2.20 bits per heavy atom. The SMILES string of the molecule is CN(c1ncnc2[nH]ccc12)C1CCN(c2ccc(C(=O)Nc3nccs3)cn2)C1. The van der Waals surface area contributed by atoms with Crippen molar-refractivity contribution in [3.05, 3.63) is 54.1 Å². The van der Waals surface area contributed by atoms with Crippen molar-refractivity contribution in [3.8, 4) is 0 Å². The largest absolute Gasteiger partial charge is 0.354 e. The third-order valence-corrected chi connectivity index (χ3v) is 6.05. The quantitative estimate of drug-likeness (QED) is 0.512. The van der Waals surface area contributed by atoms with E-state index in [0.29, 0.717) is 16.7 Å². The molecule has 1 atom stereocenters. The highest BCUT2D eigenvalue weighted by Crippen LogP contribution is 2.27. The van der Waals surface area contributed by atoms with Crippen LogP contribution in [0.4, 0.5) is 16.8 Å². The summed E-state index contributed by atoms with van der Waals surface area (Å²) in [7, 11) is 2.07. The summed E-state index contributed by atoms with van der Waals surface area (Å²) < 4.78 is 0. The number of aromatic amines is 1. The molecule has 2 N–H and O–H groups in total. The molecule has 9 nitrogen and oxygen atoms in total. The molecular weight excluding hydrogens is 400 g/mol. The summed E-state index contributed by atoms with van der Waals surface area (Å²) in [5.74, 6) is 1.59. The summed E-state index contributed by atoms with van der Waals surface area (Å²) in [6, 6.07) is 6.02. The van der Waals surface area contributed by atoms with Crippen molar-refractivity contribution in [1.29, 1.82) is 0 Å². The minimum Gasteiger partial charge on any atom is -0.354 e. The number of fused-ring (bicyclic) bond motifs is 1. The first kappa shape index (κ1) is 18.5. The Labute approximate surface area is 176 Å². The van der Waals surface area contributed by atoms with Crippen LogP contribution >= 0.6 is 11.3 Å². The Balaban J connectivity index is 1.26. The molecule has 5 rings (SSSR count). The highest BCUT2D eigenvalue weighted by molar-refractivity contribution is 7.13. The second-order valence-electron chi connectivity index (χ2n) is 7.13. The first-order valence-corrected chi connectivity index (χ1v) is 10.5. The number of carbonyl (C=O) groups is 1. The molecule has 5 heterocycles. The van der Waals surface area contributed by atoms with Crippen LogP contribution in [-0.4, -0.2) is 57.0 Å². The van der Waals surface area contributed by atoms with Gasteiger partial charge in [0, 0.05) is 50.1 Å². The molecule has 1 fully saturated rings. The molecule has 0 bridgehead atoms. The number of nitrogens with one attached hydrogen (secondary N) is 2. The van der Waals surface area contributed by atoms with Crippen molar-refractivity contribution in [2.24, 2.45) is 0 Å². The van der Waals surface area contributed by atoms with Gasteiger partial charge in [-0.05, 0) is 24.6 Å². The van der Waals surface area contributed by atoms with E-state index >= 15 is 0 Å². The van der Waals surface area contributed by atoms with E-state index < -0.39 is 0 Å². The average Bonchev–Trinajstić information content (AvgIpc) is 3.54. The fourth-order valence-corrected chi connectivity index (χ4v) is 4.26. The van der Waals surface area contributed by atoms with Gasteiger partial charge in [0.1, 0.15) is 23.6 Å². The number of pyridine rings is 1. The normalized spacial score (nSPS) is 16.2. The Morgan fingerprint density at radius 1 is 1.27 bits per heavy atom. The number of aromatic nitrogens is 5. The maximum absolute atomic E-state index is 12.3. The van der Waals surface area contributed by atoms with Gasteiger partial charge < -0.3 is 14.8 Å². The predicted octanol–water partition coefficient (Wildman–Crippen LogP) is 2.78. The van der Waals surface area contributed by atoms with Gasteiger partial charge in [-0.1, -0.05) is 0 Å². The van der Waals surface area contributed by atoms with E-state index in [2.05, 4.69) is 47.1 Å². The lowest BCUT2D eigenvalue weighted by Crippen LogP contribution is -2.35. The Hall–Kier alpha value is -3.53. The van der Waals surface area contributed by atoms with Gasteiger partial charge >= 0.3 is 0 Å².